The zero-order valence-corrected chi connectivity index (χ0v) is 28.4. The predicted octanol–water partition coefficient (Wildman–Crippen LogP) is 6.74. The molecular formula is C34H51Cl2N3O4. The van der Waals surface area contributed by atoms with Crippen molar-refractivity contribution in [2.24, 2.45) is 5.73 Å². The van der Waals surface area contributed by atoms with Crippen LogP contribution in [0.4, 0.5) is 4.79 Å². The van der Waals surface area contributed by atoms with Gasteiger partial charge in [0.15, 0.2) is 0 Å². The molecule has 7 nitrogen and oxygen atoms in total. The van der Waals surface area contributed by atoms with Gasteiger partial charge in [-0.1, -0.05) is 47.5 Å². The van der Waals surface area contributed by atoms with Crippen LogP contribution in [0, 0.1) is 0 Å². The van der Waals surface area contributed by atoms with Gasteiger partial charge in [-0.3, -0.25) is 4.90 Å². The Labute approximate surface area is 268 Å². The summed E-state index contributed by atoms with van der Waals surface area (Å²) in [5.74, 6) is 0. The third kappa shape index (κ3) is 11.2. The van der Waals surface area contributed by atoms with Crippen molar-refractivity contribution < 1.29 is 19.4 Å². The Kier molecular flexibility index (Phi) is 12.4. The number of morpholine rings is 1. The lowest BCUT2D eigenvalue weighted by molar-refractivity contribution is -0.143. The molecule has 0 saturated carbocycles. The van der Waals surface area contributed by atoms with E-state index in [0.717, 1.165) is 56.1 Å². The van der Waals surface area contributed by atoms with Crippen LogP contribution in [0.15, 0.2) is 48.5 Å². The van der Waals surface area contributed by atoms with Gasteiger partial charge in [0.25, 0.3) is 0 Å². The van der Waals surface area contributed by atoms with Crippen LogP contribution in [-0.2, 0) is 22.3 Å². The minimum atomic E-state index is -0.848. The Bertz CT molecular complexity index is 1150. The highest BCUT2D eigenvalue weighted by Crippen LogP contribution is 2.32. The molecule has 2 fully saturated rings. The number of carbonyl (C=O) groups is 1. The molecule has 3 N–H and O–H groups in total. The monoisotopic (exact) mass is 635 g/mol. The number of piperidine rings is 1. The Balaban J connectivity index is 0.000000303. The average molecular weight is 637 g/mol. The van der Waals surface area contributed by atoms with E-state index in [1.807, 2.05) is 62.1 Å². The Hall–Kier alpha value is -1.87. The molecule has 0 aromatic heterocycles. The molecule has 43 heavy (non-hydrogen) atoms. The molecule has 2 atom stereocenters. The van der Waals surface area contributed by atoms with E-state index in [9.17, 15) is 9.90 Å². The summed E-state index contributed by atoms with van der Waals surface area (Å²) in [5.41, 5.74) is 6.68. The van der Waals surface area contributed by atoms with Gasteiger partial charge in [-0.15, -0.1) is 0 Å². The summed E-state index contributed by atoms with van der Waals surface area (Å²) in [7, 11) is 0. The Morgan fingerprint density at radius 1 is 0.977 bits per heavy atom. The van der Waals surface area contributed by atoms with Crippen molar-refractivity contribution in [3.63, 3.8) is 0 Å². The molecule has 2 saturated heterocycles. The first-order chi connectivity index (χ1) is 19.9. The van der Waals surface area contributed by atoms with E-state index in [1.54, 1.807) is 13.8 Å². The molecule has 1 amide bonds. The lowest BCUT2D eigenvalue weighted by Gasteiger charge is -2.51. The quantitative estimate of drug-likeness (QED) is 0.365. The number of amides is 1. The first kappa shape index (κ1) is 35.6. The van der Waals surface area contributed by atoms with Crippen LogP contribution in [-0.4, -0.2) is 82.2 Å². The number of ether oxygens (including phenoxy) is 2. The van der Waals surface area contributed by atoms with Crippen molar-refractivity contribution in [2.75, 3.05) is 26.2 Å². The fourth-order valence-electron chi connectivity index (χ4n) is 5.54. The van der Waals surface area contributed by atoms with Crippen molar-refractivity contribution in [3.8, 4) is 0 Å². The number of carbonyl (C=O) groups excluding carboxylic acids is 1. The number of aliphatic hydroxyl groups is 1. The van der Waals surface area contributed by atoms with Crippen LogP contribution in [0.2, 0.25) is 10.0 Å². The van der Waals surface area contributed by atoms with E-state index in [0.29, 0.717) is 17.5 Å². The third-order valence-corrected chi connectivity index (χ3v) is 8.73. The van der Waals surface area contributed by atoms with Crippen molar-refractivity contribution >= 4 is 29.3 Å². The van der Waals surface area contributed by atoms with Gasteiger partial charge in [0, 0.05) is 47.8 Å². The number of likely N-dealkylation sites (tertiary alicyclic amines) is 1. The Morgan fingerprint density at radius 3 is 1.98 bits per heavy atom. The summed E-state index contributed by atoms with van der Waals surface area (Å²) in [6, 6.07) is 16.1. The Morgan fingerprint density at radius 2 is 1.49 bits per heavy atom. The van der Waals surface area contributed by atoms with Crippen molar-refractivity contribution in [1.82, 2.24) is 9.80 Å². The smallest absolute Gasteiger partial charge is 0.410 e. The zero-order chi connectivity index (χ0) is 32.0. The van der Waals surface area contributed by atoms with Gasteiger partial charge in [-0.25, -0.2) is 4.79 Å². The van der Waals surface area contributed by atoms with Crippen LogP contribution in [0.3, 0.4) is 0 Å². The first-order valence-corrected chi connectivity index (χ1v) is 16.0. The van der Waals surface area contributed by atoms with E-state index in [1.165, 1.54) is 5.56 Å². The number of nitrogens with two attached hydrogens (primary N) is 1. The van der Waals surface area contributed by atoms with Crippen molar-refractivity contribution in [1.29, 1.82) is 0 Å². The molecule has 2 aromatic carbocycles. The first-order valence-electron chi connectivity index (χ1n) is 15.3. The van der Waals surface area contributed by atoms with E-state index in [-0.39, 0.29) is 23.8 Å². The summed E-state index contributed by atoms with van der Waals surface area (Å²) in [4.78, 5) is 16.9. The van der Waals surface area contributed by atoms with Gasteiger partial charge in [0.1, 0.15) is 5.60 Å². The van der Waals surface area contributed by atoms with Crippen LogP contribution >= 0.6 is 23.2 Å². The van der Waals surface area contributed by atoms with Gasteiger partial charge in [0.2, 0.25) is 0 Å². The van der Waals surface area contributed by atoms with Gasteiger partial charge in [-0.05, 0) is 110 Å². The minimum absolute atomic E-state index is 0.198. The number of rotatable bonds is 6. The van der Waals surface area contributed by atoms with Gasteiger partial charge < -0.3 is 25.2 Å². The standard InChI is InChI=1S/C23H35ClN2O3.C11H16ClNO/c1-22(2,3)29-21(27)25-12-10-19(11-13-25)26-14-15-28-23(4,5)20(26)16-17-6-8-18(24)9-7-17;1-11(2,14)10(13)7-8-3-5-9(12)6-4-8/h6-9,19-20H,10-16H2,1-5H3;3-6,10,14H,7,13H2,1-2H3. The fraction of sp³-hybridized carbons (Fsp3) is 0.618. The molecule has 2 aliphatic heterocycles. The van der Waals surface area contributed by atoms with Crippen LogP contribution < -0.4 is 5.73 Å². The number of halogens is 2. The lowest BCUT2D eigenvalue weighted by Crippen LogP contribution is -2.62. The van der Waals surface area contributed by atoms with Gasteiger partial charge in [0.05, 0.1) is 17.8 Å². The second-order valence-corrected chi connectivity index (χ2v) is 14.7. The maximum atomic E-state index is 12.4. The third-order valence-electron chi connectivity index (χ3n) is 8.23. The maximum absolute atomic E-state index is 12.4. The molecule has 2 heterocycles. The highest BCUT2D eigenvalue weighted by Gasteiger charge is 2.42. The van der Waals surface area contributed by atoms with E-state index >= 15 is 0 Å². The second kappa shape index (κ2) is 14.9. The van der Waals surface area contributed by atoms with Crippen molar-refractivity contribution in [3.05, 3.63) is 69.7 Å². The minimum Gasteiger partial charge on any atom is -0.444 e. The summed E-state index contributed by atoms with van der Waals surface area (Å²) >= 11 is 11.8. The number of hydrogen-bond donors (Lipinski definition) is 2. The summed E-state index contributed by atoms with van der Waals surface area (Å²) in [6.07, 6.45) is 3.31. The molecule has 0 bridgehead atoms. The molecule has 0 aliphatic carbocycles. The molecule has 2 unspecified atom stereocenters. The lowest BCUT2D eigenvalue weighted by atomic mass is 9.87. The number of hydrogen-bond acceptors (Lipinski definition) is 6. The van der Waals surface area contributed by atoms with E-state index < -0.39 is 11.2 Å². The maximum Gasteiger partial charge on any atom is 0.410 e. The van der Waals surface area contributed by atoms with Crippen LogP contribution in [0.5, 0.6) is 0 Å². The summed E-state index contributed by atoms with van der Waals surface area (Å²) in [5, 5.41) is 11.1. The fourth-order valence-corrected chi connectivity index (χ4v) is 5.79. The molecule has 2 aromatic rings. The summed E-state index contributed by atoms with van der Waals surface area (Å²) < 4.78 is 11.7. The topological polar surface area (TPSA) is 88.3 Å². The van der Waals surface area contributed by atoms with E-state index in [2.05, 4.69) is 30.9 Å². The average Bonchev–Trinajstić information content (AvgIpc) is 2.91. The normalized spacial score (nSPS) is 20.6. The van der Waals surface area contributed by atoms with Gasteiger partial charge >= 0.3 is 6.09 Å². The highest BCUT2D eigenvalue weighted by atomic mass is 35.5. The number of nitrogens with zero attached hydrogens (tertiary/aromatic N) is 2. The van der Waals surface area contributed by atoms with Crippen LogP contribution in [0.1, 0.15) is 72.4 Å². The van der Waals surface area contributed by atoms with Crippen molar-refractivity contribution in [2.45, 2.75) is 109 Å². The SMILES string of the molecule is CC(C)(C)OC(=O)N1CCC(N2CCOC(C)(C)C2Cc2ccc(Cl)cc2)CC1.CC(C)(O)C(N)Cc1ccc(Cl)cc1. The molecule has 240 valence electrons. The second-order valence-electron chi connectivity index (χ2n) is 13.8. The van der Waals surface area contributed by atoms with E-state index in [4.69, 9.17) is 38.4 Å². The summed E-state index contributed by atoms with van der Waals surface area (Å²) in [6.45, 7) is 16.7. The molecule has 2 aliphatic rings. The molecule has 0 radical (unpaired) electrons. The highest BCUT2D eigenvalue weighted by molar-refractivity contribution is 6.30. The molecule has 4 rings (SSSR count). The van der Waals surface area contributed by atoms with Gasteiger partial charge in [-0.2, -0.15) is 0 Å². The molecule has 9 heteroatoms. The largest absolute Gasteiger partial charge is 0.444 e. The predicted molar refractivity (Wildman–Crippen MR) is 176 cm³/mol. The zero-order valence-electron chi connectivity index (χ0n) is 26.9. The van der Waals surface area contributed by atoms with Crippen LogP contribution in [0.25, 0.3) is 0 Å². The number of benzene rings is 2. The molecular weight excluding hydrogens is 585 g/mol. The molecule has 0 spiro atoms.